The molecule has 0 radical (unpaired) electrons. The highest BCUT2D eigenvalue weighted by Crippen LogP contribution is 2.29. The minimum absolute atomic E-state index is 0.141. The van der Waals surface area contributed by atoms with Crippen molar-refractivity contribution in [1.29, 1.82) is 0 Å². The zero-order valence-corrected chi connectivity index (χ0v) is 15.6. The Morgan fingerprint density at radius 1 is 1.19 bits per heavy atom. The molecule has 0 atom stereocenters. The van der Waals surface area contributed by atoms with Gasteiger partial charge in [0, 0.05) is 38.8 Å². The Hall–Kier alpha value is -2.89. The first kappa shape index (κ1) is 17.5. The Bertz CT molecular complexity index is 940. The van der Waals surface area contributed by atoms with Crippen LogP contribution in [0.4, 0.5) is 10.1 Å². The van der Waals surface area contributed by atoms with Crippen LogP contribution in [-0.4, -0.2) is 48.0 Å². The van der Waals surface area contributed by atoms with Crippen LogP contribution in [0.1, 0.15) is 34.9 Å². The zero-order chi connectivity index (χ0) is 19.0. The molecule has 5 nitrogen and oxygen atoms in total. The number of hydrogen-bond donors (Lipinski definition) is 1. The molecule has 4 rings (SSSR count). The van der Waals surface area contributed by atoms with Crippen LogP contribution in [0.25, 0.3) is 11.0 Å². The molecule has 3 aromatic rings. The van der Waals surface area contributed by atoms with E-state index in [1.807, 2.05) is 43.3 Å². The number of benzene rings is 2. The van der Waals surface area contributed by atoms with E-state index in [4.69, 9.17) is 0 Å². The molecule has 2 aromatic carbocycles. The van der Waals surface area contributed by atoms with Gasteiger partial charge in [-0.15, -0.1) is 0 Å². The lowest BCUT2D eigenvalue weighted by atomic mass is 9.95. The SMILES string of the molecule is CN(C)c1ccc(C(=O)N2CCC(c3nc4ccccc4[nH]3)CC2)c(F)c1. The van der Waals surface area contributed by atoms with Gasteiger partial charge < -0.3 is 14.8 Å². The molecule has 140 valence electrons. The average Bonchev–Trinajstić information content (AvgIpc) is 3.11. The summed E-state index contributed by atoms with van der Waals surface area (Å²) < 4.78 is 14.4. The number of imidazole rings is 1. The normalized spacial score (nSPS) is 15.3. The number of fused-ring (bicyclic) bond motifs is 1. The minimum atomic E-state index is -0.467. The molecule has 1 aliphatic rings. The summed E-state index contributed by atoms with van der Waals surface area (Å²) in [5, 5.41) is 0. The highest BCUT2D eigenvalue weighted by molar-refractivity contribution is 5.95. The number of amides is 1. The molecule has 1 saturated heterocycles. The molecule has 1 aromatic heterocycles. The molecule has 1 N–H and O–H groups in total. The summed E-state index contributed by atoms with van der Waals surface area (Å²) in [5.41, 5.74) is 2.89. The molecule has 27 heavy (non-hydrogen) atoms. The van der Waals surface area contributed by atoms with Gasteiger partial charge in [-0.25, -0.2) is 9.37 Å². The summed E-state index contributed by atoms with van der Waals surface area (Å²) in [4.78, 5) is 24.4. The summed E-state index contributed by atoms with van der Waals surface area (Å²) >= 11 is 0. The Morgan fingerprint density at radius 3 is 2.59 bits per heavy atom. The van der Waals surface area contributed by atoms with Gasteiger partial charge in [-0.3, -0.25) is 4.79 Å². The number of aromatic nitrogens is 2. The van der Waals surface area contributed by atoms with Gasteiger partial charge in [0.2, 0.25) is 0 Å². The molecule has 2 heterocycles. The van der Waals surface area contributed by atoms with Crippen molar-refractivity contribution in [3.05, 3.63) is 59.7 Å². The number of carbonyl (C=O) groups is 1. The fourth-order valence-electron chi connectivity index (χ4n) is 3.65. The van der Waals surface area contributed by atoms with E-state index in [1.54, 1.807) is 17.0 Å². The maximum absolute atomic E-state index is 14.4. The first-order chi connectivity index (χ1) is 13.0. The van der Waals surface area contributed by atoms with Crippen molar-refractivity contribution in [2.45, 2.75) is 18.8 Å². The highest BCUT2D eigenvalue weighted by atomic mass is 19.1. The minimum Gasteiger partial charge on any atom is -0.378 e. The number of halogens is 1. The molecule has 0 unspecified atom stereocenters. The molecular formula is C21H23FN4O. The van der Waals surface area contributed by atoms with Crippen LogP contribution < -0.4 is 4.90 Å². The van der Waals surface area contributed by atoms with E-state index < -0.39 is 5.82 Å². The number of aromatic amines is 1. The number of hydrogen-bond acceptors (Lipinski definition) is 3. The van der Waals surface area contributed by atoms with E-state index >= 15 is 0 Å². The quantitative estimate of drug-likeness (QED) is 0.767. The van der Waals surface area contributed by atoms with Crippen LogP contribution in [0.2, 0.25) is 0 Å². The van der Waals surface area contributed by atoms with E-state index in [2.05, 4.69) is 9.97 Å². The van der Waals surface area contributed by atoms with Crippen LogP contribution in [0, 0.1) is 5.82 Å². The number of rotatable bonds is 3. The summed E-state index contributed by atoms with van der Waals surface area (Å²) in [7, 11) is 3.69. The second-order valence-corrected chi connectivity index (χ2v) is 7.26. The summed E-state index contributed by atoms with van der Waals surface area (Å²) in [6, 6.07) is 12.7. The Labute approximate surface area is 157 Å². The van der Waals surface area contributed by atoms with Crippen molar-refractivity contribution < 1.29 is 9.18 Å². The van der Waals surface area contributed by atoms with Crippen molar-refractivity contribution in [3.8, 4) is 0 Å². The molecule has 1 aliphatic heterocycles. The molecule has 0 bridgehead atoms. The van der Waals surface area contributed by atoms with Crippen molar-refractivity contribution in [2.24, 2.45) is 0 Å². The molecular weight excluding hydrogens is 343 g/mol. The number of H-pyrrole nitrogens is 1. The maximum atomic E-state index is 14.4. The Kier molecular flexibility index (Phi) is 4.56. The number of nitrogens with one attached hydrogen (secondary N) is 1. The second-order valence-electron chi connectivity index (χ2n) is 7.26. The van der Waals surface area contributed by atoms with Crippen molar-refractivity contribution in [3.63, 3.8) is 0 Å². The lowest BCUT2D eigenvalue weighted by Crippen LogP contribution is -2.38. The van der Waals surface area contributed by atoms with E-state index in [0.29, 0.717) is 19.0 Å². The van der Waals surface area contributed by atoms with Gasteiger partial charge in [0.1, 0.15) is 11.6 Å². The van der Waals surface area contributed by atoms with Crippen molar-refractivity contribution in [2.75, 3.05) is 32.1 Å². The molecule has 0 aliphatic carbocycles. The van der Waals surface area contributed by atoms with Gasteiger partial charge in [0.15, 0.2) is 0 Å². The van der Waals surface area contributed by atoms with E-state index in [0.717, 1.165) is 35.4 Å². The molecule has 0 spiro atoms. The predicted octanol–water partition coefficient (Wildman–Crippen LogP) is 3.79. The fraction of sp³-hybridized carbons (Fsp3) is 0.333. The standard InChI is InChI=1S/C21H23FN4O/c1-25(2)15-7-8-16(17(22)13-15)21(27)26-11-9-14(10-12-26)20-23-18-5-3-4-6-19(18)24-20/h3-8,13-14H,9-12H2,1-2H3,(H,23,24). The smallest absolute Gasteiger partial charge is 0.256 e. The fourth-order valence-corrected chi connectivity index (χ4v) is 3.65. The first-order valence-corrected chi connectivity index (χ1v) is 9.23. The van der Waals surface area contributed by atoms with E-state index in [9.17, 15) is 9.18 Å². The van der Waals surface area contributed by atoms with Gasteiger partial charge in [-0.2, -0.15) is 0 Å². The third-order valence-electron chi connectivity index (χ3n) is 5.28. The van der Waals surface area contributed by atoms with Crippen LogP contribution in [0.3, 0.4) is 0 Å². The number of likely N-dealkylation sites (tertiary alicyclic amines) is 1. The number of piperidine rings is 1. The van der Waals surface area contributed by atoms with Crippen LogP contribution in [-0.2, 0) is 0 Å². The number of anilines is 1. The number of para-hydroxylation sites is 2. The largest absolute Gasteiger partial charge is 0.378 e. The van der Waals surface area contributed by atoms with Gasteiger partial charge in [-0.1, -0.05) is 12.1 Å². The van der Waals surface area contributed by atoms with Crippen molar-refractivity contribution >= 4 is 22.6 Å². The number of carbonyl (C=O) groups excluding carboxylic acids is 1. The predicted molar refractivity (Wildman–Crippen MR) is 105 cm³/mol. The third kappa shape index (κ3) is 3.39. The number of nitrogens with zero attached hydrogens (tertiary/aromatic N) is 3. The van der Waals surface area contributed by atoms with Gasteiger partial charge in [-0.05, 0) is 43.2 Å². The van der Waals surface area contributed by atoms with Crippen molar-refractivity contribution in [1.82, 2.24) is 14.9 Å². The second kappa shape index (κ2) is 7.02. The van der Waals surface area contributed by atoms with Crippen LogP contribution in [0.5, 0.6) is 0 Å². The first-order valence-electron chi connectivity index (χ1n) is 9.23. The van der Waals surface area contributed by atoms with Crippen LogP contribution in [0.15, 0.2) is 42.5 Å². The van der Waals surface area contributed by atoms with Gasteiger partial charge >= 0.3 is 0 Å². The van der Waals surface area contributed by atoms with Crippen LogP contribution >= 0.6 is 0 Å². The lowest BCUT2D eigenvalue weighted by Gasteiger charge is -2.31. The summed E-state index contributed by atoms with van der Waals surface area (Å²) in [6.07, 6.45) is 1.64. The Morgan fingerprint density at radius 2 is 1.93 bits per heavy atom. The Balaban J connectivity index is 1.45. The lowest BCUT2D eigenvalue weighted by molar-refractivity contribution is 0.0706. The monoisotopic (exact) mass is 366 g/mol. The zero-order valence-electron chi connectivity index (χ0n) is 15.6. The van der Waals surface area contributed by atoms with E-state index in [1.165, 1.54) is 6.07 Å². The maximum Gasteiger partial charge on any atom is 0.256 e. The molecule has 6 heteroatoms. The summed E-state index contributed by atoms with van der Waals surface area (Å²) in [6.45, 7) is 1.21. The molecule has 1 amide bonds. The molecule has 1 fully saturated rings. The topological polar surface area (TPSA) is 52.2 Å². The van der Waals surface area contributed by atoms with Gasteiger partial charge in [0.05, 0.1) is 16.6 Å². The van der Waals surface area contributed by atoms with E-state index in [-0.39, 0.29) is 11.5 Å². The average molecular weight is 366 g/mol. The summed E-state index contributed by atoms with van der Waals surface area (Å²) in [5.74, 6) is 0.568. The van der Waals surface area contributed by atoms with Gasteiger partial charge in [0.25, 0.3) is 5.91 Å². The molecule has 0 saturated carbocycles. The highest BCUT2D eigenvalue weighted by Gasteiger charge is 2.27. The third-order valence-corrected chi connectivity index (χ3v) is 5.28.